The number of hydrogen-bond acceptors (Lipinski definition) is 4. The van der Waals surface area contributed by atoms with Crippen molar-refractivity contribution in [2.45, 2.75) is 13.8 Å². The minimum Gasteiger partial charge on any atom is -0.497 e. The van der Waals surface area contributed by atoms with Gasteiger partial charge in [-0.05, 0) is 24.3 Å². The van der Waals surface area contributed by atoms with Crippen molar-refractivity contribution in [2.75, 3.05) is 33.4 Å². The summed E-state index contributed by atoms with van der Waals surface area (Å²) in [7, 11) is 1.64. The summed E-state index contributed by atoms with van der Waals surface area (Å²) in [5.41, 5.74) is -0.0832. The molecule has 0 aliphatic carbocycles. The molecular weight excluding hydrogens is 230 g/mol. The number of ether oxygens (including phenoxy) is 2. The van der Waals surface area contributed by atoms with Crippen molar-refractivity contribution in [1.82, 2.24) is 5.32 Å². The van der Waals surface area contributed by atoms with Gasteiger partial charge in [0.05, 0.1) is 7.11 Å². The molecule has 0 unspecified atom stereocenters. The fourth-order valence-corrected chi connectivity index (χ4v) is 1.40. The number of aliphatic hydroxyl groups is 1. The third-order valence-corrected chi connectivity index (χ3v) is 2.64. The van der Waals surface area contributed by atoms with Crippen molar-refractivity contribution in [3.63, 3.8) is 0 Å². The Morgan fingerprint density at radius 3 is 2.33 bits per heavy atom. The topological polar surface area (TPSA) is 50.7 Å². The molecule has 1 aromatic rings. The van der Waals surface area contributed by atoms with E-state index in [1.54, 1.807) is 7.11 Å². The van der Waals surface area contributed by atoms with Crippen molar-refractivity contribution in [2.24, 2.45) is 5.41 Å². The van der Waals surface area contributed by atoms with Crippen LogP contribution in [0, 0.1) is 5.41 Å². The van der Waals surface area contributed by atoms with Gasteiger partial charge in [0.2, 0.25) is 0 Å². The van der Waals surface area contributed by atoms with E-state index in [0.717, 1.165) is 24.6 Å². The van der Waals surface area contributed by atoms with Crippen LogP contribution >= 0.6 is 0 Å². The number of rotatable bonds is 8. The highest BCUT2D eigenvalue weighted by Gasteiger charge is 2.14. The maximum Gasteiger partial charge on any atom is 0.119 e. The summed E-state index contributed by atoms with van der Waals surface area (Å²) in [4.78, 5) is 0. The van der Waals surface area contributed by atoms with Gasteiger partial charge in [-0.1, -0.05) is 13.8 Å². The molecule has 0 bridgehead atoms. The van der Waals surface area contributed by atoms with E-state index in [1.165, 1.54) is 0 Å². The molecule has 0 saturated carbocycles. The van der Waals surface area contributed by atoms with Gasteiger partial charge in [-0.25, -0.2) is 0 Å². The molecule has 1 rings (SSSR count). The monoisotopic (exact) mass is 253 g/mol. The number of nitrogens with one attached hydrogen (secondary N) is 1. The molecule has 0 saturated heterocycles. The normalized spacial score (nSPS) is 11.3. The van der Waals surface area contributed by atoms with Crippen molar-refractivity contribution in [1.29, 1.82) is 0 Å². The van der Waals surface area contributed by atoms with Gasteiger partial charge in [-0.2, -0.15) is 0 Å². The zero-order valence-electron chi connectivity index (χ0n) is 11.4. The number of hydrogen-bond donors (Lipinski definition) is 2. The van der Waals surface area contributed by atoms with E-state index in [4.69, 9.17) is 14.6 Å². The van der Waals surface area contributed by atoms with E-state index in [9.17, 15) is 0 Å². The highest BCUT2D eigenvalue weighted by atomic mass is 16.5. The van der Waals surface area contributed by atoms with Crippen LogP contribution in [0.1, 0.15) is 13.8 Å². The van der Waals surface area contributed by atoms with Crippen LogP contribution in [0.25, 0.3) is 0 Å². The predicted molar refractivity (Wildman–Crippen MR) is 72.2 cm³/mol. The van der Waals surface area contributed by atoms with Gasteiger partial charge >= 0.3 is 0 Å². The molecule has 0 atom stereocenters. The summed E-state index contributed by atoms with van der Waals surface area (Å²) in [6.07, 6.45) is 0. The molecule has 0 radical (unpaired) electrons. The van der Waals surface area contributed by atoms with E-state index in [-0.39, 0.29) is 12.0 Å². The molecule has 102 valence electrons. The average Bonchev–Trinajstić information content (AvgIpc) is 2.39. The molecular formula is C14H23NO3. The lowest BCUT2D eigenvalue weighted by molar-refractivity contribution is 0.155. The van der Waals surface area contributed by atoms with Crippen molar-refractivity contribution in [3.8, 4) is 11.5 Å². The fourth-order valence-electron chi connectivity index (χ4n) is 1.40. The summed E-state index contributed by atoms with van der Waals surface area (Å²) in [6, 6.07) is 7.52. The second-order valence-corrected chi connectivity index (χ2v) is 5.02. The first-order chi connectivity index (χ1) is 8.57. The quantitative estimate of drug-likeness (QED) is 0.692. The molecule has 4 heteroatoms. The molecule has 0 spiro atoms. The van der Waals surface area contributed by atoms with Gasteiger partial charge < -0.3 is 19.9 Å². The van der Waals surface area contributed by atoms with Gasteiger partial charge in [-0.3, -0.25) is 0 Å². The molecule has 0 aliphatic heterocycles. The maximum atomic E-state index is 9.09. The summed E-state index contributed by atoms with van der Waals surface area (Å²) in [5, 5.41) is 12.4. The Kier molecular flexibility index (Phi) is 5.95. The summed E-state index contributed by atoms with van der Waals surface area (Å²) >= 11 is 0. The van der Waals surface area contributed by atoms with Crippen LogP contribution in [0.15, 0.2) is 24.3 Å². The second kappa shape index (κ2) is 7.24. The minimum absolute atomic E-state index is 0.0832. The molecule has 1 aromatic carbocycles. The number of aliphatic hydroxyl groups excluding tert-OH is 1. The van der Waals surface area contributed by atoms with Crippen molar-refractivity contribution < 1.29 is 14.6 Å². The number of benzene rings is 1. The molecule has 0 aliphatic rings. The third-order valence-electron chi connectivity index (χ3n) is 2.64. The lowest BCUT2D eigenvalue weighted by atomic mass is 9.95. The molecule has 2 N–H and O–H groups in total. The largest absolute Gasteiger partial charge is 0.497 e. The lowest BCUT2D eigenvalue weighted by Crippen LogP contribution is -2.34. The van der Waals surface area contributed by atoms with Crippen LogP contribution < -0.4 is 14.8 Å². The maximum absolute atomic E-state index is 9.09. The van der Waals surface area contributed by atoms with Crippen LogP contribution in [0.5, 0.6) is 11.5 Å². The van der Waals surface area contributed by atoms with Gasteiger partial charge in [0.25, 0.3) is 0 Å². The first kappa shape index (κ1) is 14.8. The van der Waals surface area contributed by atoms with Gasteiger partial charge in [0, 0.05) is 25.1 Å². The average molecular weight is 253 g/mol. The zero-order valence-corrected chi connectivity index (χ0v) is 11.4. The Bertz CT molecular complexity index is 335. The molecule has 18 heavy (non-hydrogen) atoms. The van der Waals surface area contributed by atoms with Crippen molar-refractivity contribution >= 4 is 0 Å². The van der Waals surface area contributed by atoms with E-state index in [1.807, 2.05) is 38.1 Å². The molecule has 0 heterocycles. The van der Waals surface area contributed by atoms with E-state index < -0.39 is 0 Å². The SMILES string of the molecule is COc1ccc(OCCNCC(C)(C)CO)cc1. The fraction of sp³-hybridized carbons (Fsp3) is 0.571. The number of methoxy groups -OCH3 is 1. The first-order valence-electron chi connectivity index (χ1n) is 6.16. The Morgan fingerprint density at radius 2 is 1.78 bits per heavy atom. The molecule has 0 amide bonds. The van der Waals surface area contributed by atoms with Gasteiger partial charge in [0.15, 0.2) is 0 Å². The Morgan fingerprint density at radius 1 is 1.17 bits per heavy atom. The van der Waals surface area contributed by atoms with Crippen LogP contribution in [0.4, 0.5) is 0 Å². The molecule has 4 nitrogen and oxygen atoms in total. The Labute approximate surface area is 109 Å². The van der Waals surface area contributed by atoms with E-state index >= 15 is 0 Å². The first-order valence-corrected chi connectivity index (χ1v) is 6.16. The van der Waals surface area contributed by atoms with Gasteiger partial charge in [-0.15, -0.1) is 0 Å². The summed E-state index contributed by atoms with van der Waals surface area (Å²) in [6.45, 7) is 6.35. The third kappa shape index (κ3) is 5.38. The molecule has 0 fully saturated rings. The van der Waals surface area contributed by atoms with Crippen LogP contribution in [0.3, 0.4) is 0 Å². The highest BCUT2D eigenvalue weighted by molar-refractivity contribution is 5.31. The van der Waals surface area contributed by atoms with Crippen LogP contribution in [-0.2, 0) is 0 Å². The Balaban J connectivity index is 2.17. The summed E-state index contributed by atoms with van der Waals surface area (Å²) in [5.74, 6) is 1.66. The smallest absolute Gasteiger partial charge is 0.119 e. The van der Waals surface area contributed by atoms with Crippen molar-refractivity contribution in [3.05, 3.63) is 24.3 Å². The van der Waals surface area contributed by atoms with Crippen LogP contribution in [-0.4, -0.2) is 38.5 Å². The lowest BCUT2D eigenvalue weighted by Gasteiger charge is -2.21. The highest BCUT2D eigenvalue weighted by Crippen LogP contribution is 2.16. The zero-order chi connectivity index (χ0) is 13.4. The Hall–Kier alpha value is -1.26. The predicted octanol–water partition coefficient (Wildman–Crippen LogP) is 1.68. The van der Waals surface area contributed by atoms with Crippen LogP contribution in [0.2, 0.25) is 0 Å². The van der Waals surface area contributed by atoms with Gasteiger partial charge in [0.1, 0.15) is 18.1 Å². The standard InChI is InChI=1S/C14H23NO3/c1-14(2,11-16)10-15-8-9-18-13-6-4-12(17-3)5-7-13/h4-7,15-16H,8-11H2,1-3H3. The second-order valence-electron chi connectivity index (χ2n) is 5.02. The van der Waals surface area contributed by atoms with E-state index in [2.05, 4.69) is 5.32 Å². The minimum atomic E-state index is -0.0832. The summed E-state index contributed by atoms with van der Waals surface area (Å²) < 4.78 is 10.6. The molecule has 0 aromatic heterocycles. The van der Waals surface area contributed by atoms with E-state index in [0.29, 0.717) is 6.61 Å².